The van der Waals surface area contributed by atoms with Crippen LogP contribution >= 0.6 is 15.9 Å². The van der Waals surface area contributed by atoms with Gasteiger partial charge < -0.3 is 15.7 Å². The maximum absolute atomic E-state index is 13.4. The lowest BCUT2D eigenvalue weighted by molar-refractivity contribution is 0.0616. The van der Waals surface area contributed by atoms with Gasteiger partial charge in [-0.05, 0) is 37.6 Å². The van der Waals surface area contributed by atoms with Gasteiger partial charge in [-0.3, -0.25) is 4.68 Å². The number of aryl methyl sites for hydroxylation is 1. The second-order valence-electron chi connectivity index (χ2n) is 6.00. The van der Waals surface area contributed by atoms with Crippen LogP contribution in [0, 0.1) is 5.82 Å². The summed E-state index contributed by atoms with van der Waals surface area (Å²) in [4.78, 5) is 4.44. The summed E-state index contributed by atoms with van der Waals surface area (Å²) in [6.45, 7) is 4.92. The maximum Gasteiger partial charge on any atom is 0.191 e. The van der Waals surface area contributed by atoms with Crippen molar-refractivity contribution in [1.29, 1.82) is 0 Å². The standard InChI is InChI=1S/C17H23BrFN5O/c1-4-20-16(21-8-12-5-14(18)7-15(19)6-12)22-11-17(2,25)13-9-23-24(3)10-13/h5-7,9-10,25H,4,8,11H2,1-3H3,(H2,20,21,22). The molecule has 1 atom stereocenters. The Labute approximate surface area is 155 Å². The first-order valence-corrected chi connectivity index (χ1v) is 8.78. The van der Waals surface area contributed by atoms with Crippen molar-refractivity contribution in [2.45, 2.75) is 26.0 Å². The Morgan fingerprint density at radius 1 is 1.40 bits per heavy atom. The molecule has 1 heterocycles. The first kappa shape index (κ1) is 19.4. The highest BCUT2D eigenvalue weighted by Crippen LogP contribution is 2.18. The van der Waals surface area contributed by atoms with Gasteiger partial charge in [0.2, 0.25) is 0 Å². The van der Waals surface area contributed by atoms with Crippen LogP contribution in [0.1, 0.15) is 25.0 Å². The molecule has 0 spiro atoms. The summed E-state index contributed by atoms with van der Waals surface area (Å²) in [6, 6.07) is 4.67. The minimum Gasteiger partial charge on any atom is -0.383 e. The van der Waals surface area contributed by atoms with Gasteiger partial charge >= 0.3 is 0 Å². The molecule has 0 aliphatic rings. The van der Waals surface area contributed by atoms with Gasteiger partial charge in [-0.2, -0.15) is 5.10 Å². The summed E-state index contributed by atoms with van der Waals surface area (Å²) < 4.78 is 15.8. The van der Waals surface area contributed by atoms with E-state index in [1.165, 1.54) is 12.1 Å². The largest absolute Gasteiger partial charge is 0.383 e. The monoisotopic (exact) mass is 411 g/mol. The average Bonchev–Trinajstić information content (AvgIpc) is 2.97. The number of aliphatic imine (C=N–C) groups is 1. The summed E-state index contributed by atoms with van der Waals surface area (Å²) in [7, 11) is 1.80. The lowest BCUT2D eigenvalue weighted by atomic mass is 10.00. The van der Waals surface area contributed by atoms with E-state index in [1.54, 1.807) is 31.0 Å². The number of nitrogens with one attached hydrogen (secondary N) is 2. The number of benzene rings is 1. The van der Waals surface area contributed by atoms with Crippen LogP contribution in [0.2, 0.25) is 0 Å². The van der Waals surface area contributed by atoms with Crippen LogP contribution in [0.25, 0.3) is 0 Å². The highest BCUT2D eigenvalue weighted by atomic mass is 79.9. The molecular formula is C17H23BrFN5O. The highest BCUT2D eigenvalue weighted by Gasteiger charge is 2.24. The van der Waals surface area contributed by atoms with E-state index >= 15 is 0 Å². The Morgan fingerprint density at radius 3 is 2.76 bits per heavy atom. The molecule has 2 aromatic rings. The number of hydrogen-bond acceptors (Lipinski definition) is 3. The normalized spacial score (nSPS) is 14.2. The number of rotatable bonds is 6. The van der Waals surface area contributed by atoms with E-state index in [0.29, 0.717) is 29.1 Å². The van der Waals surface area contributed by atoms with Gasteiger partial charge in [0.1, 0.15) is 11.4 Å². The lowest BCUT2D eigenvalue weighted by Crippen LogP contribution is -2.44. The third-order valence-electron chi connectivity index (χ3n) is 3.61. The van der Waals surface area contributed by atoms with Gasteiger partial charge in [0.05, 0.1) is 19.3 Å². The van der Waals surface area contributed by atoms with Gasteiger partial charge in [0.25, 0.3) is 0 Å². The summed E-state index contributed by atoms with van der Waals surface area (Å²) in [5, 5.41) is 20.9. The Bertz CT molecular complexity index is 724. The first-order chi connectivity index (χ1) is 11.8. The zero-order chi connectivity index (χ0) is 18.4. The van der Waals surface area contributed by atoms with E-state index < -0.39 is 5.60 Å². The number of aromatic nitrogens is 2. The van der Waals surface area contributed by atoms with Crippen molar-refractivity contribution in [1.82, 2.24) is 20.4 Å². The molecule has 25 heavy (non-hydrogen) atoms. The zero-order valence-corrected chi connectivity index (χ0v) is 16.1. The molecule has 0 saturated heterocycles. The highest BCUT2D eigenvalue weighted by molar-refractivity contribution is 9.10. The Balaban J connectivity index is 2.04. The van der Waals surface area contributed by atoms with Crippen LogP contribution < -0.4 is 10.6 Å². The van der Waals surface area contributed by atoms with Crippen molar-refractivity contribution in [3.05, 3.63) is 52.0 Å². The van der Waals surface area contributed by atoms with Gasteiger partial charge in [0, 0.05) is 29.8 Å². The third kappa shape index (κ3) is 5.82. The molecule has 0 bridgehead atoms. The van der Waals surface area contributed by atoms with Gasteiger partial charge in [0.15, 0.2) is 5.96 Å². The predicted molar refractivity (Wildman–Crippen MR) is 99.7 cm³/mol. The molecule has 1 aromatic carbocycles. The van der Waals surface area contributed by atoms with Crippen LogP contribution in [-0.2, 0) is 19.2 Å². The van der Waals surface area contributed by atoms with Gasteiger partial charge in [-0.15, -0.1) is 0 Å². The fourth-order valence-electron chi connectivity index (χ4n) is 2.27. The summed E-state index contributed by atoms with van der Waals surface area (Å²) in [5.74, 6) is 0.240. The molecule has 1 unspecified atom stereocenters. The van der Waals surface area contributed by atoms with E-state index in [2.05, 4.69) is 36.7 Å². The molecule has 6 nitrogen and oxygen atoms in total. The van der Waals surface area contributed by atoms with Crippen LogP contribution in [-0.4, -0.2) is 33.9 Å². The molecule has 0 aliphatic carbocycles. The molecule has 0 fully saturated rings. The summed E-state index contributed by atoms with van der Waals surface area (Å²) >= 11 is 3.27. The molecule has 0 radical (unpaired) electrons. The van der Waals surface area contributed by atoms with Crippen LogP contribution in [0.4, 0.5) is 4.39 Å². The second-order valence-corrected chi connectivity index (χ2v) is 6.92. The quantitative estimate of drug-likeness (QED) is 0.503. The van der Waals surface area contributed by atoms with Crippen molar-refractivity contribution in [2.75, 3.05) is 13.1 Å². The van der Waals surface area contributed by atoms with E-state index in [0.717, 1.165) is 5.56 Å². The number of hydrogen-bond donors (Lipinski definition) is 3. The average molecular weight is 412 g/mol. The summed E-state index contributed by atoms with van der Waals surface area (Å²) in [5.41, 5.74) is 0.377. The number of aliphatic hydroxyl groups is 1. The molecule has 0 aliphatic heterocycles. The number of halogens is 2. The summed E-state index contributed by atoms with van der Waals surface area (Å²) in [6.07, 6.45) is 3.41. The minimum absolute atomic E-state index is 0.261. The number of guanidine groups is 1. The van der Waals surface area contributed by atoms with E-state index in [9.17, 15) is 9.50 Å². The van der Waals surface area contributed by atoms with Crippen molar-refractivity contribution in [3.8, 4) is 0 Å². The molecule has 0 saturated carbocycles. The van der Waals surface area contributed by atoms with Crippen LogP contribution in [0.3, 0.4) is 0 Å². The van der Waals surface area contributed by atoms with Crippen molar-refractivity contribution in [3.63, 3.8) is 0 Å². The van der Waals surface area contributed by atoms with Crippen molar-refractivity contribution < 1.29 is 9.50 Å². The molecule has 0 amide bonds. The SMILES string of the molecule is CCNC(=NCc1cc(F)cc(Br)c1)NCC(C)(O)c1cnn(C)c1. The van der Waals surface area contributed by atoms with Crippen LogP contribution in [0.15, 0.2) is 40.1 Å². The Kier molecular flexibility index (Phi) is 6.55. The molecule has 136 valence electrons. The predicted octanol–water partition coefficient (Wildman–Crippen LogP) is 2.28. The first-order valence-electron chi connectivity index (χ1n) is 7.99. The topological polar surface area (TPSA) is 74.5 Å². The fourth-order valence-corrected chi connectivity index (χ4v) is 2.78. The Hall–Kier alpha value is -1.93. The zero-order valence-electron chi connectivity index (χ0n) is 14.6. The molecule has 8 heteroatoms. The molecule has 1 aromatic heterocycles. The van der Waals surface area contributed by atoms with Crippen LogP contribution in [0.5, 0.6) is 0 Å². The third-order valence-corrected chi connectivity index (χ3v) is 4.07. The fraction of sp³-hybridized carbons (Fsp3) is 0.412. The minimum atomic E-state index is -1.09. The van der Waals surface area contributed by atoms with E-state index in [-0.39, 0.29) is 12.4 Å². The smallest absolute Gasteiger partial charge is 0.191 e. The van der Waals surface area contributed by atoms with E-state index in [1.807, 2.05) is 13.0 Å². The Morgan fingerprint density at radius 2 is 2.16 bits per heavy atom. The van der Waals surface area contributed by atoms with Crippen molar-refractivity contribution >= 4 is 21.9 Å². The number of nitrogens with zero attached hydrogens (tertiary/aromatic N) is 3. The second kappa shape index (κ2) is 8.44. The molecule has 3 N–H and O–H groups in total. The van der Waals surface area contributed by atoms with Gasteiger partial charge in [-0.25, -0.2) is 9.38 Å². The van der Waals surface area contributed by atoms with E-state index in [4.69, 9.17) is 0 Å². The maximum atomic E-state index is 13.4. The van der Waals surface area contributed by atoms with Crippen molar-refractivity contribution in [2.24, 2.45) is 12.0 Å². The molecule has 2 rings (SSSR count). The molecular weight excluding hydrogens is 389 g/mol. The van der Waals surface area contributed by atoms with Gasteiger partial charge in [-0.1, -0.05) is 15.9 Å². The lowest BCUT2D eigenvalue weighted by Gasteiger charge is -2.23.